The van der Waals surface area contributed by atoms with E-state index in [4.69, 9.17) is 10.5 Å². The highest BCUT2D eigenvalue weighted by Crippen LogP contribution is 2.08. The lowest BCUT2D eigenvalue weighted by atomic mass is 10.1. The van der Waals surface area contributed by atoms with E-state index in [1.165, 1.54) is 5.56 Å². The fourth-order valence-electron chi connectivity index (χ4n) is 1.73. The second-order valence-electron chi connectivity index (χ2n) is 4.27. The van der Waals surface area contributed by atoms with Gasteiger partial charge in [-0.3, -0.25) is 4.98 Å². The topological polar surface area (TPSA) is 73.9 Å². The summed E-state index contributed by atoms with van der Waals surface area (Å²) in [6, 6.07) is 4.44. The maximum Gasteiger partial charge on any atom is 0.316 e. The molecule has 0 aliphatic heterocycles. The lowest BCUT2D eigenvalue weighted by Gasteiger charge is -2.06. The van der Waals surface area contributed by atoms with Gasteiger partial charge in [-0.25, -0.2) is 9.97 Å². The first-order chi connectivity index (χ1) is 9.29. The van der Waals surface area contributed by atoms with Crippen LogP contribution in [0.15, 0.2) is 30.7 Å². The smallest absolute Gasteiger partial charge is 0.316 e. The average Bonchev–Trinajstić information content (AvgIpc) is 2.45. The van der Waals surface area contributed by atoms with Crippen LogP contribution in [-0.2, 0) is 13.0 Å². The van der Waals surface area contributed by atoms with E-state index in [0.717, 1.165) is 24.1 Å². The Kier molecular flexibility index (Phi) is 4.80. The van der Waals surface area contributed by atoms with Gasteiger partial charge in [-0.1, -0.05) is 0 Å². The van der Waals surface area contributed by atoms with Crippen molar-refractivity contribution in [2.45, 2.75) is 26.3 Å². The first kappa shape index (κ1) is 13.4. The molecule has 2 rings (SSSR count). The number of aryl methyl sites for hydroxylation is 2. The summed E-state index contributed by atoms with van der Waals surface area (Å²) in [5.41, 5.74) is 8.64. The Bertz CT molecular complexity index is 516. The fraction of sp³-hybridized carbons (Fsp3) is 0.357. The van der Waals surface area contributed by atoms with Crippen LogP contribution in [0.2, 0.25) is 0 Å². The second kappa shape index (κ2) is 6.80. The van der Waals surface area contributed by atoms with Crippen molar-refractivity contribution in [3.63, 3.8) is 0 Å². The van der Waals surface area contributed by atoms with Crippen molar-refractivity contribution in [1.29, 1.82) is 0 Å². The number of nitrogens with two attached hydrogens (primary N) is 1. The van der Waals surface area contributed by atoms with Crippen molar-refractivity contribution in [2.75, 3.05) is 6.61 Å². The molecule has 0 unspecified atom stereocenters. The minimum Gasteiger partial charge on any atom is -0.463 e. The molecule has 2 aromatic rings. The Hall–Kier alpha value is -2.01. The van der Waals surface area contributed by atoms with E-state index in [9.17, 15) is 0 Å². The zero-order valence-electron chi connectivity index (χ0n) is 11.0. The molecule has 19 heavy (non-hydrogen) atoms. The zero-order chi connectivity index (χ0) is 13.5. The second-order valence-corrected chi connectivity index (χ2v) is 4.27. The molecule has 0 radical (unpaired) electrons. The maximum absolute atomic E-state index is 5.56. The zero-order valence-corrected chi connectivity index (χ0v) is 11.0. The third-order valence-electron chi connectivity index (χ3n) is 2.87. The number of hydrogen-bond donors (Lipinski definition) is 1. The molecule has 0 aliphatic carbocycles. The van der Waals surface area contributed by atoms with Crippen molar-refractivity contribution >= 4 is 0 Å². The predicted molar refractivity (Wildman–Crippen MR) is 72.7 cm³/mol. The SMILES string of the molecule is Cc1nc(OCCCc2ccncc2)ncc1CN. The molecule has 5 nitrogen and oxygen atoms in total. The van der Waals surface area contributed by atoms with Crippen LogP contribution in [0, 0.1) is 6.92 Å². The van der Waals surface area contributed by atoms with Gasteiger partial charge in [-0.2, -0.15) is 0 Å². The average molecular weight is 258 g/mol. The van der Waals surface area contributed by atoms with Crippen LogP contribution in [0.3, 0.4) is 0 Å². The van der Waals surface area contributed by atoms with E-state index in [1.54, 1.807) is 18.6 Å². The van der Waals surface area contributed by atoms with E-state index >= 15 is 0 Å². The van der Waals surface area contributed by atoms with E-state index in [-0.39, 0.29) is 0 Å². The van der Waals surface area contributed by atoms with Gasteiger partial charge in [0.1, 0.15) is 0 Å². The Morgan fingerprint density at radius 1 is 1.26 bits per heavy atom. The molecular weight excluding hydrogens is 240 g/mol. The highest BCUT2D eigenvalue weighted by atomic mass is 16.5. The normalized spacial score (nSPS) is 10.4. The number of rotatable bonds is 6. The maximum atomic E-state index is 5.56. The molecule has 0 fully saturated rings. The molecule has 0 bridgehead atoms. The quantitative estimate of drug-likeness (QED) is 0.797. The van der Waals surface area contributed by atoms with Crippen LogP contribution < -0.4 is 10.5 Å². The largest absolute Gasteiger partial charge is 0.463 e. The van der Waals surface area contributed by atoms with Gasteiger partial charge < -0.3 is 10.5 Å². The lowest BCUT2D eigenvalue weighted by molar-refractivity contribution is 0.285. The number of ether oxygens (including phenoxy) is 1. The van der Waals surface area contributed by atoms with Crippen molar-refractivity contribution in [3.8, 4) is 6.01 Å². The minimum absolute atomic E-state index is 0.421. The van der Waals surface area contributed by atoms with E-state index in [1.807, 2.05) is 19.1 Å². The lowest BCUT2D eigenvalue weighted by Crippen LogP contribution is -2.06. The Balaban J connectivity index is 1.78. The molecule has 0 aliphatic rings. The van der Waals surface area contributed by atoms with Gasteiger partial charge in [0.05, 0.1) is 6.61 Å². The van der Waals surface area contributed by atoms with Crippen LogP contribution in [-0.4, -0.2) is 21.6 Å². The van der Waals surface area contributed by atoms with Crippen LogP contribution in [0.5, 0.6) is 6.01 Å². The summed E-state index contributed by atoms with van der Waals surface area (Å²) in [4.78, 5) is 12.4. The Morgan fingerprint density at radius 3 is 2.74 bits per heavy atom. The number of nitrogens with zero attached hydrogens (tertiary/aromatic N) is 3. The summed E-state index contributed by atoms with van der Waals surface area (Å²) >= 11 is 0. The molecule has 0 saturated heterocycles. The van der Waals surface area contributed by atoms with Crippen molar-refractivity contribution < 1.29 is 4.74 Å². The standard InChI is InChI=1S/C14H18N4O/c1-11-13(9-15)10-17-14(18-11)19-8-2-3-12-4-6-16-7-5-12/h4-7,10H,2-3,8-9,15H2,1H3. The van der Waals surface area contributed by atoms with E-state index < -0.39 is 0 Å². The van der Waals surface area contributed by atoms with Gasteiger partial charge in [0, 0.05) is 36.4 Å². The van der Waals surface area contributed by atoms with Crippen LogP contribution in [0.4, 0.5) is 0 Å². The summed E-state index contributed by atoms with van der Waals surface area (Å²) < 4.78 is 5.53. The third-order valence-corrected chi connectivity index (χ3v) is 2.87. The third kappa shape index (κ3) is 3.99. The van der Waals surface area contributed by atoms with Gasteiger partial charge in [0.2, 0.25) is 0 Å². The summed E-state index contributed by atoms with van der Waals surface area (Å²) in [6.45, 7) is 2.96. The van der Waals surface area contributed by atoms with E-state index in [0.29, 0.717) is 19.2 Å². The number of hydrogen-bond acceptors (Lipinski definition) is 5. The summed E-state index contributed by atoms with van der Waals surface area (Å²) in [5, 5.41) is 0. The molecule has 0 spiro atoms. The molecule has 2 N–H and O–H groups in total. The van der Waals surface area contributed by atoms with Crippen LogP contribution in [0.25, 0.3) is 0 Å². The number of aromatic nitrogens is 3. The number of pyridine rings is 1. The Labute approximate surface area is 112 Å². The monoisotopic (exact) mass is 258 g/mol. The predicted octanol–water partition coefficient (Wildman–Crippen LogP) is 1.65. The summed E-state index contributed by atoms with van der Waals surface area (Å²) in [6.07, 6.45) is 7.20. The van der Waals surface area contributed by atoms with Crippen LogP contribution in [0.1, 0.15) is 23.2 Å². The molecule has 2 aromatic heterocycles. The fourth-order valence-corrected chi connectivity index (χ4v) is 1.73. The molecule has 2 heterocycles. The minimum atomic E-state index is 0.421. The van der Waals surface area contributed by atoms with Crippen molar-refractivity contribution in [2.24, 2.45) is 5.73 Å². The highest BCUT2D eigenvalue weighted by molar-refractivity contribution is 5.17. The highest BCUT2D eigenvalue weighted by Gasteiger charge is 2.02. The molecule has 100 valence electrons. The molecule has 0 aromatic carbocycles. The van der Waals surface area contributed by atoms with Gasteiger partial charge in [0.15, 0.2) is 0 Å². The Morgan fingerprint density at radius 2 is 2.05 bits per heavy atom. The molecule has 0 amide bonds. The van der Waals surface area contributed by atoms with Gasteiger partial charge >= 0.3 is 6.01 Å². The molecule has 5 heteroatoms. The first-order valence-electron chi connectivity index (χ1n) is 6.34. The van der Waals surface area contributed by atoms with E-state index in [2.05, 4.69) is 15.0 Å². The van der Waals surface area contributed by atoms with Crippen molar-refractivity contribution in [3.05, 3.63) is 47.5 Å². The summed E-state index contributed by atoms with van der Waals surface area (Å²) in [5.74, 6) is 0. The van der Waals surface area contributed by atoms with Crippen LogP contribution >= 0.6 is 0 Å². The molecule has 0 saturated carbocycles. The van der Waals surface area contributed by atoms with Gasteiger partial charge in [-0.15, -0.1) is 0 Å². The van der Waals surface area contributed by atoms with Crippen molar-refractivity contribution in [1.82, 2.24) is 15.0 Å². The molecular formula is C14H18N4O. The van der Waals surface area contributed by atoms with Gasteiger partial charge in [-0.05, 0) is 37.5 Å². The summed E-state index contributed by atoms with van der Waals surface area (Å²) in [7, 11) is 0. The molecule has 0 atom stereocenters. The first-order valence-corrected chi connectivity index (χ1v) is 6.34. The van der Waals surface area contributed by atoms with Gasteiger partial charge in [0.25, 0.3) is 0 Å².